The summed E-state index contributed by atoms with van der Waals surface area (Å²) in [4.78, 5) is 11.7. The summed E-state index contributed by atoms with van der Waals surface area (Å²) in [6, 6.07) is 5.22. The van der Waals surface area contributed by atoms with Crippen LogP contribution in [0.2, 0.25) is 0 Å². The van der Waals surface area contributed by atoms with Crippen molar-refractivity contribution in [3.05, 3.63) is 48.5 Å². The summed E-state index contributed by atoms with van der Waals surface area (Å²) in [6.45, 7) is 0. The van der Waals surface area contributed by atoms with Crippen LogP contribution in [0.5, 0.6) is 5.75 Å². The van der Waals surface area contributed by atoms with Crippen LogP contribution in [0.1, 0.15) is 0 Å². The number of carbonyl (C=O) groups excluding carboxylic acids is 1. The minimum atomic E-state index is -7.49. The summed E-state index contributed by atoms with van der Waals surface area (Å²) < 4.78 is 194. The molecule has 0 unspecified atom stereocenters. The normalized spacial score (nSPS) is 13.8. The largest absolute Gasteiger partial charge is 0.460 e. The number of amides is 2. The van der Waals surface area contributed by atoms with Crippen molar-refractivity contribution in [3.63, 3.8) is 0 Å². The lowest BCUT2D eigenvalue weighted by atomic mass is 10.1. The van der Waals surface area contributed by atoms with Gasteiger partial charge in [-0.1, -0.05) is 0 Å². The lowest BCUT2D eigenvalue weighted by molar-refractivity contribution is -0.382. The quantitative estimate of drug-likeness (QED) is 0.160. The molecule has 6 nitrogen and oxygen atoms in total. The topological polar surface area (TPSA) is 84.5 Å². The van der Waals surface area contributed by atoms with Crippen molar-refractivity contribution < 1.29 is 74.5 Å². The van der Waals surface area contributed by atoms with Crippen molar-refractivity contribution in [1.29, 1.82) is 0 Å². The zero-order chi connectivity index (χ0) is 30.9. The van der Waals surface area contributed by atoms with Crippen LogP contribution in [0.25, 0.3) is 0 Å². The lowest BCUT2D eigenvalue weighted by Crippen LogP contribution is -2.63. The average Bonchev–Trinajstić information content (AvgIpc) is 2.80. The fraction of sp³-hybridized carbons (Fsp3) is 0.316. The molecule has 0 saturated heterocycles. The minimum absolute atomic E-state index is 0.0490. The van der Waals surface area contributed by atoms with E-state index < -0.39 is 68.6 Å². The number of benzene rings is 2. The van der Waals surface area contributed by atoms with E-state index in [-0.39, 0.29) is 16.3 Å². The van der Waals surface area contributed by atoms with E-state index in [9.17, 15) is 70.3 Å². The zero-order valence-corrected chi connectivity index (χ0v) is 20.2. The molecule has 0 aliphatic carbocycles. The van der Waals surface area contributed by atoms with Gasteiger partial charge in [0.1, 0.15) is 5.75 Å². The third-order valence-electron chi connectivity index (χ3n) is 4.37. The van der Waals surface area contributed by atoms with E-state index in [2.05, 4.69) is 14.8 Å². The number of anilines is 2. The fourth-order valence-electron chi connectivity index (χ4n) is 2.39. The van der Waals surface area contributed by atoms with Gasteiger partial charge in [-0.3, -0.25) is 0 Å². The number of carbonyl (C=O) groups is 1. The van der Waals surface area contributed by atoms with E-state index in [1.54, 1.807) is 0 Å². The minimum Gasteiger partial charge on any atom is -0.378 e. The van der Waals surface area contributed by atoms with Crippen molar-refractivity contribution in [2.75, 3.05) is 10.6 Å². The van der Waals surface area contributed by atoms with Crippen LogP contribution < -0.4 is 14.8 Å². The van der Waals surface area contributed by atoms with E-state index in [4.69, 9.17) is 0 Å². The molecule has 2 rings (SSSR count). The average molecular weight is 642 g/mol. The van der Waals surface area contributed by atoms with Crippen LogP contribution in [0.3, 0.4) is 0 Å². The van der Waals surface area contributed by atoms with E-state index in [0.29, 0.717) is 24.3 Å². The third kappa shape index (κ3) is 6.78. The Morgan fingerprint density at radius 2 is 1.15 bits per heavy atom. The highest BCUT2D eigenvalue weighted by atomic mass is 32.2. The van der Waals surface area contributed by atoms with Gasteiger partial charge in [-0.25, -0.2) is 13.6 Å². The second-order valence-corrected chi connectivity index (χ2v) is 10.1. The molecule has 0 bridgehead atoms. The Morgan fingerprint density at radius 3 is 1.55 bits per heavy atom. The number of hydrogen-bond acceptors (Lipinski definition) is 5. The van der Waals surface area contributed by atoms with Crippen molar-refractivity contribution in [1.82, 2.24) is 0 Å². The van der Waals surface area contributed by atoms with E-state index in [1.807, 2.05) is 0 Å². The third-order valence-corrected chi connectivity index (χ3v) is 6.62. The maximum atomic E-state index is 13.7. The Hall–Kier alpha value is -3.10. The van der Waals surface area contributed by atoms with Gasteiger partial charge >= 0.3 is 51.1 Å². The summed E-state index contributed by atoms with van der Waals surface area (Å²) in [7, 11) is -7.16. The first-order chi connectivity index (χ1) is 17.9. The molecule has 2 aromatic rings. The molecule has 0 aromatic heterocycles. The monoisotopic (exact) mass is 642 g/mol. The molecular formula is C19H11F13N2O4S2. The smallest absolute Gasteiger partial charge is 0.378 e. The summed E-state index contributed by atoms with van der Waals surface area (Å²) in [5.74, 6) is -16.2. The van der Waals surface area contributed by atoms with Gasteiger partial charge in [0.2, 0.25) is 0 Å². The van der Waals surface area contributed by atoms with Gasteiger partial charge in [0.25, 0.3) is 0 Å². The fourth-order valence-corrected chi connectivity index (χ4v) is 3.98. The van der Waals surface area contributed by atoms with Gasteiger partial charge in [0.15, 0.2) is 0 Å². The Labute approximate surface area is 219 Å². The zero-order valence-electron chi connectivity index (χ0n) is 18.6. The molecule has 0 saturated carbocycles. The van der Waals surface area contributed by atoms with Crippen LogP contribution in [0.4, 0.5) is 73.2 Å². The van der Waals surface area contributed by atoms with Gasteiger partial charge in [0, 0.05) is 16.3 Å². The number of thioether (sulfide) groups is 1. The molecule has 224 valence electrons. The highest BCUT2D eigenvalue weighted by molar-refractivity contribution is 8.00. The van der Waals surface area contributed by atoms with E-state index in [1.165, 1.54) is 0 Å². The van der Waals surface area contributed by atoms with Gasteiger partial charge in [-0.2, -0.15) is 56.7 Å². The molecule has 40 heavy (non-hydrogen) atoms. The van der Waals surface area contributed by atoms with E-state index >= 15 is 0 Å². The first-order valence-corrected chi connectivity index (χ1v) is 11.9. The van der Waals surface area contributed by atoms with Crippen molar-refractivity contribution >= 4 is 39.3 Å². The van der Waals surface area contributed by atoms with Gasteiger partial charge in [0.05, 0.1) is 0 Å². The Kier molecular flexibility index (Phi) is 9.15. The number of rotatable bonds is 10. The molecule has 0 heterocycles. The van der Waals surface area contributed by atoms with Crippen LogP contribution in [0.15, 0.2) is 53.4 Å². The Balaban J connectivity index is 2.08. The molecule has 21 heteroatoms. The maximum Gasteiger partial charge on any atom is 0.460 e. The predicted octanol–water partition coefficient (Wildman–Crippen LogP) is 7.41. The molecule has 0 fully saturated rings. The van der Waals surface area contributed by atoms with Crippen molar-refractivity contribution in [3.8, 4) is 5.75 Å². The number of alkyl halides is 13. The Bertz CT molecular complexity index is 1300. The first kappa shape index (κ1) is 33.1. The van der Waals surface area contributed by atoms with Gasteiger partial charge in [-0.05, 0) is 60.3 Å². The first-order valence-electron chi connectivity index (χ1n) is 9.72. The molecule has 0 radical (unpaired) electrons. The van der Waals surface area contributed by atoms with E-state index in [0.717, 1.165) is 24.3 Å². The number of urea groups is 1. The summed E-state index contributed by atoms with van der Waals surface area (Å²) in [5, 5.41) is -7.23. The molecule has 2 amide bonds. The van der Waals surface area contributed by atoms with Crippen LogP contribution in [-0.2, 0) is 10.1 Å². The van der Waals surface area contributed by atoms with Crippen molar-refractivity contribution in [2.24, 2.45) is 0 Å². The molecule has 2 N–H and O–H groups in total. The molecule has 0 aliphatic rings. The molecule has 2 aromatic carbocycles. The summed E-state index contributed by atoms with van der Waals surface area (Å²) in [5.41, 5.74) is -0.321. The van der Waals surface area contributed by atoms with Gasteiger partial charge in [-0.15, -0.1) is 0 Å². The molecule has 0 aliphatic heterocycles. The highest BCUT2D eigenvalue weighted by Gasteiger charge is 2.86. The standard InChI is InChI=1S/C19H11F13N2O4S2/c20-13(21)15(22,23)39-12-7-3-10(4-8-12)34-14(35)33-9-1-5-11(6-2-9)38-40(36,37)19(31,32)17(26,27)16(24,25)18(28,29)30/h1-8,13H,(H2,33,34,35). The molecular weight excluding hydrogens is 631 g/mol. The van der Waals surface area contributed by atoms with Gasteiger partial charge < -0.3 is 14.8 Å². The lowest BCUT2D eigenvalue weighted by Gasteiger charge is -2.32. The predicted molar refractivity (Wildman–Crippen MR) is 113 cm³/mol. The van der Waals surface area contributed by atoms with Crippen LogP contribution in [-0.4, -0.2) is 49.4 Å². The number of hydrogen-bond donors (Lipinski definition) is 2. The number of halogens is 13. The summed E-state index contributed by atoms with van der Waals surface area (Å²) >= 11 is -0.448. The molecule has 0 spiro atoms. The molecule has 0 atom stereocenters. The van der Waals surface area contributed by atoms with Crippen molar-refractivity contribution in [2.45, 2.75) is 39.9 Å². The summed E-state index contributed by atoms with van der Waals surface area (Å²) in [6.07, 6.45) is -11.2. The SMILES string of the molecule is O=C(Nc1ccc(OS(=O)(=O)C(F)(F)C(F)(F)C(F)(F)C(F)(F)F)cc1)Nc1ccc(SC(F)(F)C(F)F)cc1. The van der Waals surface area contributed by atoms with Crippen LogP contribution in [0, 0.1) is 0 Å². The second kappa shape index (κ2) is 11.1. The van der Waals surface area contributed by atoms with Crippen LogP contribution >= 0.6 is 11.8 Å². The Morgan fingerprint density at radius 1 is 0.725 bits per heavy atom. The number of nitrogens with one attached hydrogen (secondary N) is 2. The second-order valence-electron chi connectivity index (χ2n) is 7.29. The maximum absolute atomic E-state index is 13.7. The highest BCUT2D eigenvalue weighted by Crippen LogP contribution is 2.55.